The Morgan fingerprint density at radius 2 is 2.33 bits per heavy atom. The Morgan fingerprint density at radius 3 is 3.00 bits per heavy atom. The average molecular weight is 208 g/mol. The molecule has 0 aromatic carbocycles. The van der Waals surface area contributed by atoms with Crippen LogP contribution in [-0.4, -0.2) is 17.6 Å². The third-order valence-electron chi connectivity index (χ3n) is 2.05. The van der Waals surface area contributed by atoms with Crippen molar-refractivity contribution in [3.05, 3.63) is 24.0 Å². The molecule has 0 amide bonds. The van der Waals surface area contributed by atoms with E-state index in [1.807, 2.05) is 0 Å². The summed E-state index contributed by atoms with van der Waals surface area (Å²) >= 11 is 0. The van der Waals surface area contributed by atoms with Crippen LogP contribution >= 0.6 is 0 Å². The van der Waals surface area contributed by atoms with Crippen molar-refractivity contribution in [2.45, 2.75) is 26.2 Å². The maximum Gasteiger partial charge on any atom is 0.340 e. The van der Waals surface area contributed by atoms with Gasteiger partial charge in [-0.15, -0.1) is 0 Å². The average Bonchev–Trinajstić information content (AvgIpc) is 2.25. The largest absolute Gasteiger partial charge is 0.462 e. The van der Waals surface area contributed by atoms with Crippen molar-refractivity contribution >= 4 is 11.7 Å². The summed E-state index contributed by atoms with van der Waals surface area (Å²) in [5, 5.41) is 0. The number of hydrogen-bond acceptors (Lipinski definition) is 4. The van der Waals surface area contributed by atoms with Gasteiger partial charge in [0.2, 0.25) is 0 Å². The normalized spacial score (nSPS) is 9.93. The molecule has 1 heterocycles. The number of nitrogens with two attached hydrogens (primary N) is 1. The quantitative estimate of drug-likeness (QED) is 0.593. The first-order valence-electron chi connectivity index (χ1n) is 5.12. The lowest BCUT2D eigenvalue weighted by Crippen LogP contribution is -2.09. The van der Waals surface area contributed by atoms with Crippen molar-refractivity contribution in [2.75, 3.05) is 12.3 Å². The topological polar surface area (TPSA) is 65.2 Å². The molecular formula is C11H16N2O2. The number of carbonyl (C=O) groups is 1. The van der Waals surface area contributed by atoms with Crippen LogP contribution in [0.4, 0.5) is 5.69 Å². The fraction of sp³-hybridized carbons (Fsp3) is 0.455. The van der Waals surface area contributed by atoms with Gasteiger partial charge in [-0.1, -0.05) is 19.8 Å². The number of anilines is 1. The summed E-state index contributed by atoms with van der Waals surface area (Å²) in [5.41, 5.74) is 6.34. The zero-order chi connectivity index (χ0) is 11.1. The number of aromatic nitrogens is 1. The second-order valence-electron chi connectivity index (χ2n) is 3.31. The van der Waals surface area contributed by atoms with Crippen LogP contribution in [0, 0.1) is 0 Å². The van der Waals surface area contributed by atoms with E-state index in [2.05, 4.69) is 11.9 Å². The van der Waals surface area contributed by atoms with Crippen molar-refractivity contribution in [3.8, 4) is 0 Å². The Balaban J connectivity index is 2.44. The molecule has 82 valence electrons. The first kappa shape index (κ1) is 11.5. The molecule has 0 atom stereocenters. The Morgan fingerprint density at radius 1 is 1.53 bits per heavy atom. The summed E-state index contributed by atoms with van der Waals surface area (Å²) in [4.78, 5) is 15.3. The molecule has 0 spiro atoms. The standard InChI is InChI=1S/C11H16N2O2/c1-2-3-4-7-15-11(14)9-5-6-13-8-10(9)12/h5-6,8H,2-4,7,12H2,1H3. The minimum Gasteiger partial charge on any atom is -0.462 e. The van der Waals surface area contributed by atoms with Gasteiger partial charge in [0.05, 0.1) is 24.1 Å². The van der Waals surface area contributed by atoms with Gasteiger partial charge in [-0.2, -0.15) is 0 Å². The number of rotatable bonds is 5. The molecule has 0 saturated carbocycles. The molecule has 0 aliphatic carbocycles. The maximum atomic E-state index is 11.5. The van der Waals surface area contributed by atoms with E-state index < -0.39 is 0 Å². The third kappa shape index (κ3) is 3.58. The van der Waals surface area contributed by atoms with E-state index in [9.17, 15) is 4.79 Å². The molecule has 2 N–H and O–H groups in total. The van der Waals surface area contributed by atoms with Crippen LogP contribution in [0.5, 0.6) is 0 Å². The number of hydrogen-bond donors (Lipinski definition) is 1. The van der Waals surface area contributed by atoms with Crippen LogP contribution in [0.15, 0.2) is 18.5 Å². The Bertz CT molecular complexity index is 326. The number of pyridine rings is 1. The molecule has 0 saturated heterocycles. The van der Waals surface area contributed by atoms with Crippen molar-refractivity contribution in [3.63, 3.8) is 0 Å². The lowest BCUT2D eigenvalue weighted by Gasteiger charge is -2.05. The summed E-state index contributed by atoms with van der Waals surface area (Å²) in [7, 11) is 0. The molecule has 1 rings (SSSR count). The lowest BCUT2D eigenvalue weighted by molar-refractivity contribution is 0.0499. The van der Waals surface area contributed by atoms with Gasteiger partial charge in [-0.05, 0) is 12.5 Å². The number of esters is 1. The summed E-state index contributed by atoms with van der Waals surface area (Å²) in [6, 6.07) is 1.57. The van der Waals surface area contributed by atoms with Crippen LogP contribution in [-0.2, 0) is 4.74 Å². The second-order valence-corrected chi connectivity index (χ2v) is 3.31. The Hall–Kier alpha value is -1.58. The molecule has 15 heavy (non-hydrogen) atoms. The first-order valence-corrected chi connectivity index (χ1v) is 5.12. The van der Waals surface area contributed by atoms with E-state index in [1.54, 1.807) is 6.07 Å². The van der Waals surface area contributed by atoms with Crippen molar-refractivity contribution in [1.82, 2.24) is 4.98 Å². The Kier molecular flexibility index (Phi) is 4.60. The molecule has 1 aromatic rings. The third-order valence-corrected chi connectivity index (χ3v) is 2.05. The predicted molar refractivity (Wildman–Crippen MR) is 58.5 cm³/mol. The van der Waals surface area contributed by atoms with E-state index in [0.717, 1.165) is 19.3 Å². The molecule has 0 unspecified atom stereocenters. The lowest BCUT2D eigenvalue weighted by atomic mass is 10.2. The SMILES string of the molecule is CCCCCOC(=O)c1ccncc1N. The van der Waals surface area contributed by atoms with Gasteiger partial charge >= 0.3 is 5.97 Å². The van der Waals surface area contributed by atoms with Crippen LogP contribution in [0.1, 0.15) is 36.5 Å². The van der Waals surface area contributed by atoms with Gasteiger partial charge in [-0.3, -0.25) is 4.98 Å². The van der Waals surface area contributed by atoms with Gasteiger partial charge in [-0.25, -0.2) is 4.79 Å². The zero-order valence-electron chi connectivity index (χ0n) is 8.90. The van der Waals surface area contributed by atoms with E-state index in [4.69, 9.17) is 10.5 Å². The molecule has 0 radical (unpaired) electrons. The van der Waals surface area contributed by atoms with Crippen LogP contribution in [0.25, 0.3) is 0 Å². The van der Waals surface area contributed by atoms with Gasteiger partial charge in [0.1, 0.15) is 0 Å². The maximum absolute atomic E-state index is 11.5. The minimum absolute atomic E-state index is 0.359. The van der Waals surface area contributed by atoms with Crippen molar-refractivity contribution in [1.29, 1.82) is 0 Å². The summed E-state index contributed by atoms with van der Waals surface area (Å²) < 4.78 is 5.06. The molecule has 1 aromatic heterocycles. The number of ether oxygens (including phenoxy) is 1. The van der Waals surface area contributed by atoms with Crippen LogP contribution in [0.3, 0.4) is 0 Å². The highest BCUT2D eigenvalue weighted by Gasteiger charge is 2.09. The summed E-state index contributed by atoms with van der Waals surface area (Å²) in [6.45, 7) is 2.55. The fourth-order valence-electron chi connectivity index (χ4n) is 1.19. The zero-order valence-corrected chi connectivity index (χ0v) is 8.90. The first-order chi connectivity index (χ1) is 7.25. The molecule has 4 nitrogen and oxygen atoms in total. The molecule has 0 fully saturated rings. The summed E-state index contributed by atoms with van der Waals surface area (Å²) in [6.07, 6.45) is 6.04. The highest BCUT2D eigenvalue weighted by atomic mass is 16.5. The number of nitrogens with zero attached hydrogens (tertiary/aromatic N) is 1. The smallest absolute Gasteiger partial charge is 0.340 e. The van der Waals surface area contributed by atoms with E-state index in [1.165, 1.54) is 12.4 Å². The number of carbonyl (C=O) groups excluding carboxylic acids is 1. The van der Waals surface area contributed by atoms with Gasteiger partial charge < -0.3 is 10.5 Å². The highest BCUT2D eigenvalue weighted by molar-refractivity contribution is 5.94. The van der Waals surface area contributed by atoms with Gasteiger partial charge in [0.25, 0.3) is 0 Å². The van der Waals surface area contributed by atoms with Crippen LogP contribution in [0.2, 0.25) is 0 Å². The monoisotopic (exact) mass is 208 g/mol. The predicted octanol–water partition coefficient (Wildman–Crippen LogP) is 2.01. The van der Waals surface area contributed by atoms with Crippen molar-refractivity contribution in [2.24, 2.45) is 0 Å². The summed E-state index contributed by atoms with van der Waals surface area (Å²) in [5.74, 6) is -0.369. The number of unbranched alkanes of at least 4 members (excludes halogenated alkanes) is 2. The fourth-order valence-corrected chi connectivity index (χ4v) is 1.19. The molecule has 0 bridgehead atoms. The molecular weight excluding hydrogens is 192 g/mol. The molecule has 0 aliphatic heterocycles. The van der Waals surface area contributed by atoms with E-state index >= 15 is 0 Å². The Labute approximate surface area is 89.5 Å². The van der Waals surface area contributed by atoms with Crippen molar-refractivity contribution < 1.29 is 9.53 Å². The highest BCUT2D eigenvalue weighted by Crippen LogP contribution is 2.10. The van der Waals surface area contributed by atoms with E-state index in [-0.39, 0.29) is 5.97 Å². The van der Waals surface area contributed by atoms with Gasteiger partial charge in [0, 0.05) is 6.20 Å². The second kappa shape index (κ2) is 6.01. The van der Waals surface area contributed by atoms with Gasteiger partial charge in [0.15, 0.2) is 0 Å². The molecule has 4 heteroatoms. The number of nitrogen functional groups attached to an aromatic ring is 1. The minimum atomic E-state index is -0.369. The van der Waals surface area contributed by atoms with E-state index in [0.29, 0.717) is 17.9 Å². The van der Waals surface area contributed by atoms with Crippen LogP contribution < -0.4 is 5.73 Å². The molecule has 0 aliphatic rings.